The first kappa shape index (κ1) is 32.9. The molecule has 274 valence electrons. The molecular formula is C51H38N4OS. The lowest BCUT2D eigenvalue weighted by atomic mass is 9.94. The second kappa shape index (κ2) is 13.2. The number of benzene rings is 7. The predicted molar refractivity (Wildman–Crippen MR) is 237 cm³/mol. The fourth-order valence-electron chi connectivity index (χ4n) is 9.40. The van der Waals surface area contributed by atoms with E-state index in [4.69, 9.17) is 4.42 Å². The Balaban J connectivity index is 0.985. The third kappa shape index (κ3) is 5.33. The van der Waals surface area contributed by atoms with E-state index >= 15 is 0 Å². The highest BCUT2D eigenvalue weighted by molar-refractivity contribution is 7.26. The molecule has 5 nitrogen and oxygen atoms in total. The van der Waals surface area contributed by atoms with Gasteiger partial charge in [-0.15, -0.1) is 11.3 Å². The van der Waals surface area contributed by atoms with E-state index in [0.29, 0.717) is 0 Å². The fraction of sp³-hybridized carbons (Fsp3) is 0.0980. The number of furan rings is 1. The molecule has 0 spiro atoms. The highest BCUT2D eigenvalue weighted by Crippen LogP contribution is 2.45. The molecule has 1 aliphatic heterocycles. The van der Waals surface area contributed by atoms with E-state index in [9.17, 15) is 0 Å². The van der Waals surface area contributed by atoms with E-state index in [-0.39, 0.29) is 18.5 Å². The maximum Gasteiger partial charge on any atom is 0.136 e. The minimum Gasteiger partial charge on any atom is -0.456 e. The van der Waals surface area contributed by atoms with Crippen LogP contribution in [0.1, 0.15) is 52.9 Å². The van der Waals surface area contributed by atoms with Crippen molar-refractivity contribution in [3.63, 3.8) is 0 Å². The smallest absolute Gasteiger partial charge is 0.136 e. The number of rotatable bonds is 5. The summed E-state index contributed by atoms with van der Waals surface area (Å²) >= 11 is 1.88. The number of aryl methyl sites for hydroxylation is 1. The van der Waals surface area contributed by atoms with Gasteiger partial charge in [-0.25, -0.2) is 0 Å². The Hall–Kier alpha value is -6.28. The lowest BCUT2D eigenvalue weighted by Gasteiger charge is -2.39. The van der Waals surface area contributed by atoms with E-state index in [2.05, 4.69) is 190 Å². The topological polar surface area (TPSA) is 54.2 Å². The Labute approximate surface area is 333 Å². The van der Waals surface area contributed by atoms with Gasteiger partial charge in [-0.05, 0) is 94.8 Å². The number of allylic oxidation sites excluding steroid dienone is 1. The van der Waals surface area contributed by atoms with Crippen molar-refractivity contribution >= 4 is 70.4 Å². The molecule has 1 aliphatic carbocycles. The summed E-state index contributed by atoms with van der Waals surface area (Å²) in [6.07, 6.45) is 6.60. The first-order valence-electron chi connectivity index (χ1n) is 19.8. The average molecular weight is 755 g/mol. The molecule has 1 fully saturated rings. The minimum absolute atomic E-state index is 0.0434. The maximum absolute atomic E-state index is 6.60. The Kier molecular flexibility index (Phi) is 7.60. The standard InChI is InChI=1S/C51H38N4OS/c1-3-13-31(14-4-1)49-52-50(32-15-5-2-6-16-32)54-51(53-49)33-25-28-43-40(29-33)47-37(19-11-23-44(47)56-43)38-20-12-24-45-48(38)39-27-26-34(30-46(39)57-45)55-41-21-9-7-17-35(41)36-18-8-10-22-42(36)55/h1-7,9-17,19-30,49-54H,8,18H2. The van der Waals surface area contributed by atoms with Crippen LogP contribution in [0.5, 0.6) is 0 Å². The Morgan fingerprint density at radius 2 is 1.23 bits per heavy atom. The van der Waals surface area contributed by atoms with Crippen LogP contribution in [-0.2, 0) is 6.42 Å². The number of para-hydroxylation sites is 1. The van der Waals surface area contributed by atoms with Crippen LogP contribution < -0.4 is 16.0 Å². The molecule has 3 N–H and O–H groups in total. The molecule has 4 heterocycles. The highest BCUT2D eigenvalue weighted by atomic mass is 32.1. The van der Waals surface area contributed by atoms with Gasteiger partial charge in [-0.2, -0.15) is 0 Å². The van der Waals surface area contributed by atoms with Crippen molar-refractivity contribution in [2.24, 2.45) is 0 Å². The van der Waals surface area contributed by atoms with E-state index in [0.717, 1.165) is 40.3 Å². The van der Waals surface area contributed by atoms with Crippen LogP contribution in [0.2, 0.25) is 0 Å². The number of aromatic nitrogens is 1. The predicted octanol–water partition coefficient (Wildman–Crippen LogP) is 12.7. The molecule has 0 saturated carbocycles. The van der Waals surface area contributed by atoms with Gasteiger partial charge < -0.3 is 8.98 Å². The van der Waals surface area contributed by atoms with Crippen LogP contribution in [0.3, 0.4) is 0 Å². The van der Waals surface area contributed by atoms with Gasteiger partial charge in [0.1, 0.15) is 11.2 Å². The normalized spacial score (nSPS) is 18.3. The van der Waals surface area contributed by atoms with E-state index in [1.165, 1.54) is 70.3 Å². The quantitative estimate of drug-likeness (QED) is 0.164. The summed E-state index contributed by atoms with van der Waals surface area (Å²) < 4.78 is 11.6. The minimum atomic E-state index is -0.111. The van der Waals surface area contributed by atoms with Crippen LogP contribution in [0.25, 0.3) is 75.9 Å². The molecule has 6 heteroatoms. The molecule has 10 aromatic rings. The third-order valence-electron chi connectivity index (χ3n) is 12.0. The van der Waals surface area contributed by atoms with Crippen molar-refractivity contribution in [1.29, 1.82) is 0 Å². The Bertz CT molecular complexity index is 3150. The van der Waals surface area contributed by atoms with Crippen LogP contribution in [0.15, 0.2) is 168 Å². The fourth-order valence-corrected chi connectivity index (χ4v) is 10.6. The zero-order chi connectivity index (χ0) is 37.5. The molecule has 57 heavy (non-hydrogen) atoms. The summed E-state index contributed by atoms with van der Waals surface area (Å²) in [5.74, 6) is 0. The van der Waals surface area contributed by atoms with E-state index in [1.807, 2.05) is 11.3 Å². The van der Waals surface area contributed by atoms with Crippen molar-refractivity contribution in [3.8, 4) is 16.8 Å². The highest BCUT2D eigenvalue weighted by Gasteiger charge is 2.30. The molecule has 7 aromatic carbocycles. The van der Waals surface area contributed by atoms with Crippen molar-refractivity contribution in [2.75, 3.05) is 0 Å². The molecule has 2 aliphatic rings. The number of hydrogen-bond acceptors (Lipinski definition) is 5. The summed E-state index contributed by atoms with van der Waals surface area (Å²) in [6, 6.07) is 57.0. The SMILES string of the molecule is C1=Cc2c(c3ccccc3n2-c2ccc3c(c2)sc2cccc(-c4cccc5oc6ccc(C7NC(c8ccccc8)NC(c8ccccc8)N7)cc6c45)c23)CC1. The molecule has 2 atom stereocenters. The number of nitrogens with one attached hydrogen (secondary N) is 3. The van der Waals surface area contributed by atoms with Gasteiger partial charge in [-0.3, -0.25) is 16.0 Å². The molecule has 0 amide bonds. The van der Waals surface area contributed by atoms with E-state index < -0.39 is 0 Å². The van der Waals surface area contributed by atoms with Gasteiger partial charge in [0, 0.05) is 47.7 Å². The number of fused-ring (bicyclic) bond motifs is 9. The first-order chi connectivity index (χ1) is 28.2. The van der Waals surface area contributed by atoms with Crippen LogP contribution in [0, 0.1) is 0 Å². The van der Waals surface area contributed by atoms with Crippen molar-refractivity contribution < 1.29 is 4.42 Å². The number of thiophene rings is 1. The summed E-state index contributed by atoms with van der Waals surface area (Å²) in [4.78, 5) is 0. The second-order valence-electron chi connectivity index (χ2n) is 15.3. The first-order valence-corrected chi connectivity index (χ1v) is 20.6. The lowest BCUT2D eigenvalue weighted by Crippen LogP contribution is -2.54. The summed E-state index contributed by atoms with van der Waals surface area (Å²) in [5.41, 5.74) is 13.0. The van der Waals surface area contributed by atoms with Gasteiger partial charge in [-0.1, -0.05) is 121 Å². The Morgan fingerprint density at radius 3 is 2.02 bits per heavy atom. The van der Waals surface area contributed by atoms with Gasteiger partial charge in [0.25, 0.3) is 0 Å². The molecule has 0 radical (unpaired) electrons. The van der Waals surface area contributed by atoms with Crippen LogP contribution >= 0.6 is 11.3 Å². The van der Waals surface area contributed by atoms with Crippen molar-refractivity contribution in [3.05, 3.63) is 192 Å². The largest absolute Gasteiger partial charge is 0.456 e. The van der Waals surface area contributed by atoms with Gasteiger partial charge in [0.05, 0.1) is 24.0 Å². The van der Waals surface area contributed by atoms with Crippen LogP contribution in [-0.4, -0.2) is 4.57 Å². The van der Waals surface area contributed by atoms with E-state index in [1.54, 1.807) is 0 Å². The summed E-state index contributed by atoms with van der Waals surface area (Å²) in [6.45, 7) is 0. The zero-order valence-corrected chi connectivity index (χ0v) is 31.9. The number of nitrogens with zero attached hydrogens (tertiary/aromatic N) is 1. The maximum atomic E-state index is 6.60. The Morgan fingerprint density at radius 1 is 0.526 bits per heavy atom. The van der Waals surface area contributed by atoms with Gasteiger partial charge in [0.2, 0.25) is 0 Å². The van der Waals surface area contributed by atoms with Gasteiger partial charge in [0.15, 0.2) is 0 Å². The molecule has 12 rings (SSSR count). The van der Waals surface area contributed by atoms with Crippen molar-refractivity contribution in [2.45, 2.75) is 31.3 Å². The zero-order valence-electron chi connectivity index (χ0n) is 31.1. The molecule has 0 bridgehead atoms. The lowest BCUT2D eigenvalue weighted by molar-refractivity contribution is 0.203. The molecule has 1 saturated heterocycles. The van der Waals surface area contributed by atoms with Gasteiger partial charge >= 0.3 is 0 Å². The number of hydrogen-bond donors (Lipinski definition) is 3. The average Bonchev–Trinajstić information content (AvgIpc) is 3.96. The third-order valence-corrected chi connectivity index (χ3v) is 13.1. The summed E-state index contributed by atoms with van der Waals surface area (Å²) in [5, 5.41) is 17.7. The molecule has 3 aromatic heterocycles. The monoisotopic (exact) mass is 754 g/mol. The van der Waals surface area contributed by atoms with Crippen LogP contribution in [0.4, 0.5) is 0 Å². The molecule has 2 unspecified atom stereocenters. The second-order valence-corrected chi connectivity index (χ2v) is 16.4. The molecular weight excluding hydrogens is 717 g/mol. The van der Waals surface area contributed by atoms with Crippen molar-refractivity contribution in [1.82, 2.24) is 20.5 Å². The summed E-state index contributed by atoms with van der Waals surface area (Å²) in [7, 11) is 0.